The second kappa shape index (κ2) is 6.71. The van der Waals surface area contributed by atoms with E-state index in [1.165, 1.54) is 11.2 Å². The molecule has 3 rings (SSSR count). The number of aryl methyl sites for hydroxylation is 1. The third-order valence-corrected chi connectivity index (χ3v) is 3.78. The maximum absolute atomic E-state index is 12.3. The summed E-state index contributed by atoms with van der Waals surface area (Å²) < 4.78 is 3.24. The van der Waals surface area contributed by atoms with Crippen molar-refractivity contribution in [3.63, 3.8) is 0 Å². The predicted molar refractivity (Wildman–Crippen MR) is 90.1 cm³/mol. The summed E-state index contributed by atoms with van der Waals surface area (Å²) in [5.41, 5.74) is 1.32. The highest BCUT2D eigenvalue weighted by Gasteiger charge is 2.13. The van der Waals surface area contributed by atoms with Crippen molar-refractivity contribution in [1.82, 2.24) is 29.4 Å². The Bertz CT molecular complexity index is 857. The summed E-state index contributed by atoms with van der Waals surface area (Å²) in [6.45, 7) is 0.348. The number of benzene rings is 1. The average molecular weight is 346 g/mol. The number of aromatic nitrogens is 5. The number of nitrogens with one attached hydrogen (secondary N) is 1. The lowest BCUT2D eigenvalue weighted by molar-refractivity contribution is 0.219. The molecule has 8 nitrogen and oxygen atoms in total. The minimum atomic E-state index is -0.267. The highest BCUT2D eigenvalue weighted by atomic mass is 35.5. The smallest absolute Gasteiger partial charge is 0.320 e. The lowest BCUT2D eigenvalue weighted by Crippen LogP contribution is -2.31. The van der Waals surface area contributed by atoms with Crippen LogP contribution < -0.4 is 5.32 Å². The molecule has 3 aromatic rings. The fraction of sp³-hybridized carbons (Fsp3) is 0.200. The Hall–Kier alpha value is -2.87. The van der Waals surface area contributed by atoms with E-state index in [0.29, 0.717) is 23.1 Å². The largest absolute Gasteiger partial charge is 0.322 e. The Labute approximate surface area is 143 Å². The van der Waals surface area contributed by atoms with Crippen molar-refractivity contribution in [3.05, 3.63) is 53.8 Å². The lowest BCUT2D eigenvalue weighted by Gasteiger charge is -2.16. The van der Waals surface area contributed by atoms with Crippen LogP contribution in [0.2, 0.25) is 5.02 Å². The zero-order valence-corrected chi connectivity index (χ0v) is 14.0. The molecule has 2 heterocycles. The number of rotatable bonds is 4. The minimum Gasteiger partial charge on any atom is -0.320 e. The van der Waals surface area contributed by atoms with Crippen LogP contribution in [-0.2, 0) is 13.6 Å². The van der Waals surface area contributed by atoms with Crippen molar-refractivity contribution < 1.29 is 4.79 Å². The van der Waals surface area contributed by atoms with Crippen molar-refractivity contribution in [2.24, 2.45) is 7.05 Å². The fourth-order valence-electron chi connectivity index (χ4n) is 2.12. The SMILES string of the molecule is CN(Cc1ncnn1C)C(=O)Nc1cnn(-c2ccccc2Cl)c1. The maximum Gasteiger partial charge on any atom is 0.322 e. The number of nitrogens with zero attached hydrogens (tertiary/aromatic N) is 6. The van der Waals surface area contributed by atoms with Gasteiger partial charge in [-0.25, -0.2) is 14.5 Å². The molecule has 9 heteroatoms. The molecule has 0 saturated carbocycles. The van der Waals surface area contributed by atoms with Gasteiger partial charge in [0.1, 0.15) is 12.2 Å². The number of carbonyl (C=O) groups excluding carboxylic acids is 1. The molecule has 0 fully saturated rings. The van der Waals surface area contributed by atoms with E-state index in [-0.39, 0.29) is 6.03 Å². The molecule has 0 aliphatic heterocycles. The molecule has 1 N–H and O–H groups in total. The standard InChI is InChI=1S/C15H16ClN7O/c1-21(9-14-17-10-19-22(14)2)15(24)20-11-7-18-23(8-11)13-6-4-3-5-12(13)16/h3-8,10H,9H2,1-2H3,(H,20,24). The molecule has 0 saturated heterocycles. The molecular weight excluding hydrogens is 330 g/mol. The minimum absolute atomic E-state index is 0.267. The number of amides is 2. The first-order valence-electron chi connectivity index (χ1n) is 7.19. The summed E-state index contributed by atoms with van der Waals surface area (Å²) in [7, 11) is 3.46. The number of hydrogen-bond donors (Lipinski definition) is 1. The second-order valence-electron chi connectivity index (χ2n) is 5.21. The number of urea groups is 1. The van der Waals surface area contributed by atoms with Gasteiger partial charge in [0, 0.05) is 14.1 Å². The van der Waals surface area contributed by atoms with Crippen LogP contribution in [-0.4, -0.2) is 42.5 Å². The van der Waals surface area contributed by atoms with Gasteiger partial charge in [-0.2, -0.15) is 10.2 Å². The van der Waals surface area contributed by atoms with Crippen LogP contribution in [0.25, 0.3) is 5.69 Å². The first-order valence-corrected chi connectivity index (χ1v) is 7.57. The quantitative estimate of drug-likeness (QED) is 0.786. The van der Waals surface area contributed by atoms with Gasteiger partial charge in [0.05, 0.1) is 35.3 Å². The molecule has 0 bridgehead atoms. The zero-order valence-electron chi connectivity index (χ0n) is 13.2. The number of anilines is 1. The van der Waals surface area contributed by atoms with E-state index in [4.69, 9.17) is 11.6 Å². The molecule has 0 atom stereocenters. The highest BCUT2D eigenvalue weighted by molar-refractivity contribution is 6.32. The van der Waals surface area contributed by atoms with E-state index in [2.05, 4.69) is 20.5 Å². The zero-order chi connectivity index (χ0) is 17.1. The van der Waals surface area contributed by atoms with Crippen LogP contribution in [0, 0.1) is 0 Å². The van der Waals surface area contributed by atoms with Crippen LogP contribution >= 0.6 is 11.6 Å². The van der Waals surface area contributed by atoms with Crippen LogP contribution in [0.15, 0.2) is 43.0 Å². The van der Waals surface area contributed by atoms with Gasteiger partial charge in [0.2, 0.25) is 0 Å². The van der Waals surface area contributed by atoms with Gasteiger partial charge in [-0.05, 0) is 12.1 Å². The maximum atomic E-state index is 12.3. The van der Waals surface area contributed by atoms with E-state index in [9.17, 15) is 4.79 Å². The van der Waals surface area contributed by atoms with Crippen molar-refractivity contribution in [2.75, 3.05) is 12.4 Å². The van der Waals surface area contributed by atoms with Gasteiger partial charge in [-0.15, -0.1) is 0 Å². The third-order valence-electron chi connectivity index (χ3n) is 3.46. The Morgan fingerprint density at radius 3 is 2.83 bits per heavy atom. The Kier molecular flexibility index (Phi) is 4.48. The highest BCUT2D eigenvalue weighted by Crippen LogP contribution is 2.20. The van der Waals surface area contributed by atoms with E-state index in [0.717, 1.165) is 5.69 Å². The Balaban J connectivity index is 1.67. The van der Waals surface area contributed by atoms with Gasteiger partial charge in [0.25, 0.3) is 0 Å². The van der Waals surface area contributed by atoms with E-state index in [1.54, 1.807) is 41.9 Å². The van der Waals surface area contributed by atoms with Gasteiger partial charge in [0.15, 0.2) is 0 Å². The summed E-state index contributed by atoms with van der Waals surface area (Å²) in [5, 5.41) is 11.6. The second-order valence-corrected chi connectivity index (χ2v) is 5.62. The van der Waals surface area contributed by atoms with E-state index in [1.807, 2.05) is 18.2 Å². The van der Waals surface area contributed by atoms with Crippen molar-refractivity contribution >= 4 is 23.3 Å². The van der Waals surface area contributed by atoms with Crippen LogP contribution in [0.1, 0.15) is 5.82 Å². The summed E-state index contributed by atoms with van der Waals surface area (Å²) in [6, 6.07) is 7.08. The molecule has 0 spiro atoms. The summed E-state index contributed by atoms with van der Waals surface area (Å²) in [5.74, 6) is 0.694. The van der Waals surface area contributed by atoms with Gasteiger partial charge >= 0.3 is 6.03 Å². The molecule has 124 valence electrons. The predicted octanol–water partition coefficient (Wildman–Crippen LogP) is 2.32. The van der Waals surface area contributed by atoms with Crippen LogP contribution in [0.3, 0.4) is 0 Å². The molecule has 0 unspecified atom stereocenters. The van der Waals surface area contributed by atoms with Crippen molar-refractivity contribution in [2.45, 2.75) is 6.54 Å². The monoisotopic (exact) mass is 345 g/mol. The molecule has 24 heavy (non-hydrogen) atoms. The summed E-state index contributed by atoms with van der Waals surface area (Å²) >= 11 is 6.15. The average Bonchev–Trinajstić information content (AvgIpc) is 3.17. The number of hydrogen-bond acceptors (Lipinski definition) is 4. The van der Waals surface area contributed by atoms with Gasteiger partial charge < -0.3 is 10.2 Å². The molecule has 1 aromatic carbocycles. The molecule has 0 radical (unpaired) electrons. The lowest BCUT2D eigenvalue weighted by atomic mass is 10.3. The number of halogens is 1. The van der Waals surface area contributed by atoms with Crippen LogP contribution in [0.4, 0.5) is 10.5 Å². The topological polar surface area (TPSA) is 80.9 Å². The third kappa shape index (κ3) is 3.38. The van der Waals surface area contributed by atoms with E-state index < -0.39 is 0 Å². The van der Waals surface area contributed by atoms with E-state index >= 15 is 0 Å². The molecule has 2 amide bonds. The summed E-state index contributed by atoms with van der Waals surface area (Å²) in [6.07, 6.45) is 4.72. The first-order chi connectivity index (χ1) is 11.5. The molecule has 2 aromatic heterocycles. The Morgan fingerprint density at radius 1 is 1.33 bits per heavy atom. The normalized spacial score (nSPS) is 10.6. The fourth-order valence-corrected chi connectivity index (χ4v) is 2.35. The number of para-hydroxylation sites is 1. The molecular formula is C15H16ClN7O. The molecule has 0 aliphatic rings. The summed E-state index contributed by atoms with van der Waals surface area (Å²) in [4.78, 5) is 17.9. The number of carbonyl (C=O) groups is 1. The first kappa shape index (κ1) is 16.0. The Morgan fingerprint density at radius 2 is 2.12 bits per heavy atom. The van der Waals surface area contributed by atoms with Crippen LogP contribution in [0.5, 0.6) is 0 Å². The van der Waals surface area contributed by atoms with Gasteiger partial charge in [-0.1, -0.05) is 23.7 Å². The van der Waals surface area contributed by atoms with Crippen molar-refractivity contribution in [1.29, 1.82) is 0 Å². The van der Waals surface area contributed by atoms with Crippen molar-refractivity contribution in [3.8, 4) is 5.69 Å². The van der Waals surface area contributed by atoms with Gasteiger partial charge in [-0.3, -0.25) is 4.68 Å². The molecule has 0 aliphatic carbocycles.